The molecule has 9 nitrogen and oxygen atoms in total. The Morgan fingerprint density at radius 2 is 1.67 bits per heavy atom. The van der Waals surface area contributed by atoms with Crippen molar-refractivity contribution in [1.29, 1.82) is 0 Å². The van der Waals surface area contributed by atoms with Crippen molar-refractivity contribution >= 4 is 44.4 Å². The number of nitrogens with zero attached hydrogens (tertiary/aromatic N) is 4. The Morgan fingerprint density at radius 1 is 0.878 bits per heavy atom. The third-order valence-electron chi connectivity index (χ3n) is 8.23. The number of ether oxygens (including phenoxy) is 2. The van der Waals surface area contributed by atoms with Crippen LogP contribution in [0.15, 0.2) is 97.2 Å². The lowest BCUT2D eigenvalue weighted by atomic mass is 9.94. The quantitative estimate of drug-likeness (QED) is 0.168. The number of anilines is 2. The molecule has 6 aromatic rings. The van der Waals surface area contributed by atoms with E-state index >= 15 is 0 Å². The van der Waals surface area contributed by atoms with E-state index < -0.39 is 11.6 Å². The number of rotatable bonds is 7. The van der Waals surface area contributed by atoms with E-state index in [1.54, 1.807) is 6.20 Å². The zero-order valence-corrected chi connectivity index (χ0v) is 28.5. The van der Waals surface area contributed by atoms with Gasteiger partial charge in [-0.1, -0.05) is 53.8 Å². The molecule has 246 valence electrons. The zero-order chi connectivity index (χ0) is 34.1. The Hall–Kier alpha value is -5.61. The fraction of sp³-hybridized carbons (Fsp3) is 0.205. The first-order chi connectivity index (χ1) is 23.6. The minimum absolute atomic E-state index is 0.194. The molecular weight excluding hydrogens is 635 g/mol. The lowest BCUT2D eigenvalue weighted by molar-refractivity contribution is 0.00638. The van der Waals surface area contributed by atoms with Crippen LogP contribution in [0.25, 0.3) is 21.3 Å². The van der Waals surface area contributed by atoms with Gasteiger partial charge in [0, 0.05) is 36.0 Å². The zero-order valence-electron chi connectivity index (χ0n) is 27.7. The van der Waals surface area contributed by atoms with Crippen LogP contribution < -0.4 is 15.0 Å². The van der Waals surface area contributed by atoms with Crippen molar-refractivity contribution in [3.8, 4) is 22.8 Å². The van der Waals surface area contributed by atoms with Crippen LogP contribution in [0.1, 0.15) is 58.3 Å². The van der Waals surface area contributed by atoms with E-state index in [1.165, 1.54) is 11.3 Å². The molecule has 1 aliphatic heterocycles. The molecule has 0 unspecified atom stereocenters. The number of fused-ring (bicyclic) bond motifs is 2. The third kappa shape index (κ3) is 6.86. The lowest BCUT2D eigenvalue weighted by Crippen LogP contribution is -2.33. The molecule has 0 saturated carbocycles. The number of amides is 1. The molecular formula is C39H35N5O4S. The summed E-state index contributed by atoms with van der Waals surface area (Å²) in [7, 11) is 0. The fourth-order valence-corrected chi connectivity index (χ4v) is 6.78. The van der Waals surface area contributed by atoms with E-state index in [1.807, 2.05) is 113 Å². The number of esters is 1. The molecule has 0 bridgehead atoms. The molecule has 7 rings (SSSR count). The minimum atomic E-state index is -0.726. The summed E-state index contributed by atoms with van der Waals surface area (Å²) in [5.74, 6) is 0.975. The summed E-state index contributed by atoms with van der Waals surface area (Å²) >= 11 is 1.45. The average Bonchev–Trinajstić information content (AvgIpc) is 3.50. The van der Waals surface area contributed by atoms with Gasteiger partial charge in [0.2, 0.25) is 5.88 Å². The molecule has 0 aliphatic carbocycles. The normalized spacial score (nSPS) is 12.8. The first kappa shape index (κ1) is 32.0. The van der Waals surface area contributed by atoms with Crippen molar-refractivity contribution < 1.29 is 19.1 Å². The van der Waals surface area contributed by atoms with Gasteiger partial charge in [-0.3, -0.25) is 10.1 Å². The van der Waals surface area contributed by atoms with Gasteiger partial charge in [0.05, 0.1) is 10.2 Å². The highest BCUT2D eigenvalue weighted by atomic mass is 32.1. The maximum Gasteiger partial charge on any atom is 0.358 e. The number of thiazole rings is 1. The molecule has 0 radical (unpaired) electrons. The summed E-state index contributed by atoms with van der Waals surface area (Å²) in [5.41, 5.74) is 5.07. The third-order valence-corrected chi connectivity index (χ3v) is 9.19. The molecule has 0 fully saturated rings. The molecule has 10 heteroatoms. The second-order valence-corrected chi connectivity index (χ2v) is 13.9. The van der Waals surface area contributed by atoms with Crippen LogP contribution in [-0.2, 0) is 17.7 Å². The van der Waals surface area contributed by atoms with Crippen molar-refractivity contribution in [2.75, 3.05) is 16.8 Å². The monoisotopic (exact) mass is 669 g/mol. The Bertz CT molecular complexity index is 2160. The van der Waals surface area contributed by atoms with Crippen molar-refractivity contribution in [1.82, 2.24) is 15.0 Å². The van der Waals surface area contributed by atoms with Crippen LogP contribution in [0.2, 0.25) is 0 Å². The number of hydrogen-bond donors (Lipinski definition) is 1. The van der Waals surface area contributed by atoms with E-state index in [-0.39, 0.29) is 11.6 Å². The highest BCUT2D eigenvalue weighted by Gasteiger charge is 2.28. The Morgan fingerprint density at radius 3 is 2.47 bits per heavy atom. The Labute approximate surface area is 288 Å². The number of aromatic nitrogens is 3. The van der Waals surface area contributed by atoms with Crippen molar-refractivity contribution in [2.24, 2.45) is 0 Å². The van der Waals surface area contributed by atoms with Crippen molar-refractivity contribution in [3.05, 3.63) is 125 Å². The molecule has 49 heavy (non-hydrogen) atoms. The standard InChI is InChI=1S/C39H35N5O4S/c1-24-27(19-21-40-36(24)47-26-12-6-5-7-13-26)28-17-18-33(42-34(28)37(46)48-39(2,3)4)44-22-20-25-11-10-14-29(30(25)23-44)35(45)43-38-41-31-15-8-9-16-32(31)49-38/h5-19,21H,20,22-23H2,1-4H3,(H,41,43,45). The van der Waals surface area contributed by atoms with Gasteiger partial charge < -0.3 is 14.4 Å². The first-order valence-electron chi connectivity index (χ1n) is 16.1. The summed E-state index contributed by atoms with van der Waals surface area (Å²) in [6.45, 7) is 8.53. The number of pyridine rings is 2. The number of hydrogen-bond acceptors (Lipinski definition) is 9. The molecule has 1 N–H and O–H groups in total. The number of nitrogens with one attached hydrogen (secondary N) is 1. The number of para-hydroxylation sites is 2. The molecule has 0 spiro atoms. The highest BCUT2D eigenvalue weighted by molar-refractivity contribution is 7.22. The number of benzene rings is 3. The van der Waals surface area contributed by atoms with Gasteiger partial charge in [0.1, 0.15) is 17.2 Å². The first-order valence-corrected chi connectivity index (χ1v) is 16.9. The van der Waals surface area contributed by atoms with Gasteiger partial charge >= 0.3 is 5.97 Å². The van der Waals surface area contributed by atoms with Crippen LogP contribution in [0.3, 0.4) is 0 Å². The lowest BCUT2D eigenvalue weighted by Gasteiger charge is -2.31. The van der Waals surface area contributed by atoms with Crippen molar-refractivity contribution in [2.45, 2.75) is 46.3 Å². The van der Waals surface area contributed by atoms with E-state index in [4.69, 9.17) is 14.5 Å². The topological polar surface area (TPSA) is 107 Å². The Balaban J connectivity index is 1.21. The molecule has 0 atom stereocenters. The second-order valence-electron chi connectivity index (χ2n) is 12.8. The number of carbonyl (C=O) groups excluding carboxylic acids is 2. The van der Waals surface area contributed by atoms with Gasteiger partial charge in [-0.25, -0.2) is 19.7 Å². The van der Waals surface area contributed by atoms with Gasteiger partial charge in [0.15, 0.2) is 10.8 Å². The Kier molecular flexibility index (Phi) is 8.56. The molecule has 1 aliphatic rings. The van der Waals surface area contributed by atoms with Crippen molar-refractivity contribution in [3.63, 3.8) is 0 Å². The molecule has 1 amide bonds. The van der Waals surface area contributed by atoms with Gasteiger partial charge in [-0.2, -0.15) is 0 Å². The largest absolute Gasteiger partial charge is 0.455 e. The van der Waals surface area contributed by atoms with E-state index in [9.17, 15) is 9.59 Å². The van der Waals surface area contributed by atoms with Gasteiger partial charge in [-0.15, -0.1) is 0 Å². The van der Waals surface area contributed by atoms with Crippen LogP contribution in [-0.4, -0.2) is 39.0 Å². The van der Waals surface area contributed by atoms with Crippen LogP contribution in [0.5, 0.6) is 11.6 Å². The summed E-state index contributed by atoms with van der Waals surface area (Å²) in [6, 6.07) is 28.7. The summed E-state index contributed by atoms with van der Waals surface area (Å²) in [4.78, 5) is 43.4. The molecule has 3 aromatic heterocycles. The van der Waals surface area contributed by atoms with Gasteiger partial charge in [0.25, 0.3) is 5.91 Å². The minimum Gasteiger partial charge on any atom is -0.455 e. The second kappa shape index (κ2) is 13.1. The van der Waals surface area contributed by atoms with E-state index in [0.717, 1.165) is 32.5 Å². The average molecular weight is 670 g/mol. The molecule has 3 aromatic carbocycles. The maximum absolute atomic E-state index is 13.7. The van der Waals surface area contributed by atoms with Crippen LogP contribution >= 0.6 is 11.3 Å². The van der Waals surface area contributed by atoms with Crippen LogP contribution in [0.4, 0.5) is 10.9 Å². The smallest absolute Gasteiger partial charge is 0.358 e. The summed E-state index contributed by atoms with van der Waals surface area (Å²) < 4.78 is 13.0. The molecule has 0 saturated heterocycles. The van der Waals surface area contributed by atoms with E-state index in [0.29, 0.717) is 53.2 Å². The summed E-state index contributed by atoms with van der Waals surface area (Å²) in [6.07, 6.45) is 2.38. The predicted octanol–water partition coefficient (Wildman–Crippen LogP) is 8.62. The SMILES string of the molecule is Cc1c(-c2ccc(N3CCc4cccc(C(=O)Nc5nc6ccccc6s5)c4C3)nc2C(=O)OC(C)(C)C)ccnc1Oc1ccccc1. The predicted molar refractivity (Wildman–Crippen MR) is 193 cm³/mol. The number of carbonyl (C=O) groups is 2. The molecule has 4 heterocycles. The highest BCUT2D eigenvalue weighted by Crippen LogP contribution is 2.35. The van der Waals surface area contributed by atoms with Gasteiger partial charge in [-0.05, 0) is 99.3 Å². The summed E-state index contributed by atoms with van der Waals surface area (Å²) in [5, 5.41) is 3.56. The maximum atomic E-state index is 13.7. The van der Waals surface area contributed by atoms with Crippen LogP contribution in [0, 0.1) is 6.92 Å². The fourth-order valence-electron chi connectivity index (χ4n) is 5.92. The van der Waals surface area contributed by atoms with E-state index in [2.05, 4.69) is 26.3 Å².